The van der Waals surface area contributed by atoms with Crippen LogP contribution < -0.4 is 11.1 Å². The number of allylic oxidation sites excluding steroid dienone is 1. The first-order valence-electron chi connectivity index (χ1n) is 6.32. The van der Waals surface area contributed by atoms with Crippen molar-refractivity contribution in [2.75, 3.05) is 6.54 Å². The third kappa shape index (κ3) is 4.35. The molecule has 0 fully saturated rings. The van der Waals surface area contributed by atoms with Crippen LogP contribution in [-0.4, -0.2) is 18.5 Å². The van der Waals surface area contributed by atoms with Gasteiger partial charge >= 0.3 is 0 Å². The lowest BCUT2D eigenvalue weighted by Crippen LogP contribution is -2.44. The molecule has 0 aromatic rings. The molecule has 0 aromatic heterocycles. The van der Waals surface area contributed by atoms with Crippen molar-refractivity contribution >= 4 is 5.91 Å². The van der Waals surface area contributed by atoms with E-state index in [1.165, 1.54) is 31.3 Å². The quantitative estimate of drug-likeness (QED) is 0.702. The summed E-state index contributed by atoms with van der Waals surface area (Å²) in [6.07, 6.45) is 8.31. The number of hydrogen-bond donors (Lipinski definition) is 2. The minimum atomic E-state index is -0.375. The maximum Gasteiger partial charge on any atom is 0.237 e. The van der Waals surface area contributed by atoms with Gasteiger partial charge in [0.2, 0.25) is 5.91 Å². The maximum atomic E-state index is 11.6. The van der Waals surface area contributed by atoms with Crippen molar-refractivity contribution in [2.45, 2.75) is 52.0 Å². The molecule has 0 saturated carbocycles. The number of hydrogen-bond acceptors (Lipinski definition) is 2. The summed E-state index contributed by atoms with van der Waals surface area (Å²) in [7, 11) is 0. The number of rotatable bonds is 5. The number of nitrogens with two attached hydrogens (primary N) is 1. The van der Waals surface area contributed by atoms with Crippen molar-refractivity contribution in [3.63, 3.8) is 0 Å². The Hall–Kier alpha value is -0.830. The molecule has 1 rings (SSSR count). The molecular formula is C13H24N2O. The van der Waals surface area contributed by atoms with Gasteiger partial charge in [0.1, 0.15) is 0 Å². The predicted octanol–water partition coefficient (Wildman–Crippen LogP) is 1.98. The van der Waals surface area contributed by atoms with Crippen LogP contribution in [0.25, 0.3) is 0 Å². The molecule has 1 aliphatic rings. The molecule has 0 heterocycles. The van der Waals surface area contributed by atoms with E-state index in [1.54, 1.807) is 0 Å². The van der Waals surface area contributed by atoms with Crippen molar-refractivity contribution < 1.29 is 4.79 Å². The second-order valence-electron chi connectivity index (χ2n) is 4.92. The van der Waals surface area contributed by atoms with Gasteiger partial charge in [-0.3, -0.25) is 4.79 Å². The number of carbonyl (C=O) groups is 1. The molecule has 3 N–H and O–H groups in total. The first-order valence-corrected chi connectivity index (χ1v) is 6.32. The van der Waals surface area contributed by atoms with E-state index in [-0.39, 0.29) is 17.9 Å². The van der Waals surface area contributed by atoms with Gasteiger partial charge < -0.3 is 11.1 Å². The van der Waals surface area contributed by atoms with Gasteiger partial charge in [0, 0.05) is 6.54 Å². The molecule has 3 heteroatoms. The fourth-order valence-electron chi connectivity index (χ4n) is 1.90. The second-order valence-corrected chi connectivity index (χ2v) is 4.92. The zero-order chi connectivity index (χ0) is 12.0. The van der Waals surface area contributed by atoms with Crippen LogP contribution in [0, 0.1) is 5.92 Å². The van der Waals surface area contributed by atoms with E-state index in [2.05, 4.69) is 11.4 Å². The highest BCUT2D eigenvalue weighted by Crippen LogP contribution is 2.19. The van der Waals surface area contributed by atoms with Crippen molar-refractivity contribution in [3.8, 4) is 0 Å². The van der Waals surface area contributed by atoms with E-state index in [0.717, 1.165) is 13.0 Å². The van der Waals surface area contributed by atoms with Crippen LogP contribution in [0.1, 0.15) is 46.0 Å². The summed E-state index contributed by atoms with van der Waals surface area (Å²) in [5, 5.41) is 2.91. The van der Waals surface area contributed by atoms with E-state index < -0.39 is 0 Å². The minimum Gasteiger partial charge on any atom is -0.354 e. The summed E-state index contributed by atoms with van der Waals surface area (Å²) in [6, 6.07) is -0.375. The van der Waals surface area contributed by atoms with Crippen molar-refractivity contribution in [3.05, 3.63) is 11.6 Å². The van der Waals surface area contributed by atoms with Crippen LogP contribution in [0.2, 0.25) is 0 Å². The van der Waals surface area contributed by atoms with E-state index in [1.807, 2.05) is 13.8 Å². The lowest BCUT2D eigenvalue weighted by Gasteiger charge is -2.16. The van der Waals surface area contributed by atoms with E-state index in [0.29, 0.717) is 0 Å². The molecule has 3 nitrogen and oxygen atoms in total. The van der Waals surface area contributed by atoms with Crippen molar-refractivity contribution in [1.29, 1.82) is 0 Å². The van der Waals surface area contributed by atoms with Crippen LogP contribution in [0.15, 0.2) is 11.6 Å². The Morgan fingerprint density at radius 1 is 1.50 bits per heavy atom. The normalized spacial score (nSPS) is 18.1. The summed E-state index contributed by atoms with van der Waals surface area (Å²) in [5.41, 5.74) is 7.24. The number of carbonyl (C=O) groups excluding carboxylic acids is 1. The summed E-state index contributed by atoms with van der Waals surface area (Å²) in [6.45, 7) is 4.66. The highest BCUT2D eigenvalue weighted by Gasteiger charge is 2.16. The maximum absolute atomic E-state index is 11.6. The lowest BCUT2D eigenvalue weighted by molar-refractivity contribution is -0.123. The smallest absolute Gasteiger partial charge is 0.237 e. The molecule has 0 saturated heterocycles. The zero-order valence-electron chi connectivity index (χ0n) is 10.5. The lowest BCUT2D eigenvalue weighted by atomic mass is 9.97. The molecule has 0 aliphatic heterocycles. The van der Waals surface area contributed by atoms with Crippen LogP contribution in [-0.2, 0) is 4.79 Å². The van der Waals surface area contributed by atoms with Gasteiger partial charge in [-0.1, -0.05) is 25.5 Å². The van der Waals surface area contributed by atoms with Crippen molar-refractivity contribution in [1.82, 2.24) is 5.32 Å². The zero-order valence-corrected chi connectivity index (χ0v) is 10.5. The predicted molar refractivity (Wildman–Crippen MR) is 67.0 cm³/mol. The first kappa shape index (κ1) is 13.2. The van der Waals surface area contributed by atoms with Crippen LogP contribution >= 0.6 is 0 Å². The third-order valence-corrected chi connectivity index (χ3v) is 3.15. The van der Waals surface area contributed by atoms with Gasteiger partial charge in [0.25, 0.3) is 0 Å². The molecule has 92 valence electrons. The molecule has 1 atom stereocenters. The molecule has 1 aliphatic carbocycles. The van der Waals surface area contributed by atoms with Crippen LogP contribution in [0.3, 0.4) is 0 Å². The minimum absolute atomic E-state index is 0.0218. The topological polar surface area (TPSA) is 55.1 Å². The summed E-state index contributed by atoms with van der Waals surface area (Å²) in [5.74, 6) is 0.181. The summed E-state index contributed by atoms with van der Waals surface area (Å²) in [4.78, 5) is 11.6. The Balaban J connectivity index is 2.19. The van der Waals surface area contributed by atoms with Crippen LogP contribution in [0.4, 0.5) is 0 Å². The molecule has 0 bridgehead atoms. The van der Waals surface area contributed by atoms with Gasteiger partial charge in [-0.15, -0.1) is 0 Å². The number of amides is 1. The van der Waals surface area contributed by atoms with Crippen LogP contribution in [0.5, 0.6) is 0 Å². The molecule has 1 unspecified atom stereocenters. The largest absolute Gasteiger partial charge is 0.354 e. The Bertz CT molecular complexity index is 259. The monoisotopic (exact) mass is 224 g/mol. The van der Waals surface area contributed by atoms with Gasteiger partial charge in [0.15, 0.2) is 0 Å². The highest BCUT2D eigenvalue weighted by molar-refractivity contribution is 5.81. The van der Waals surface area contributed by atoms with Crippen molar-refractivity contribution in [2.24, 2.45) is 11.7 Å². The third-order valence-electron chi connectivity index (χ3n) is 3.15. The Morgan fingerprint density at radius 2 is 2.25 bits per heavy atom. The highest BCUT2D eigenvalue weighted by atomic mass is 16.2. The Kier molecular flexibility index (Phi) is 5.53. The fourth-order valence-corrected chi connectivity index (χ4v) is 1.90. The van der Waals surface area contributed by atoms with E-state index in [4.69, 9.17) is 5.73 Å². The molecule has 0 aromatic carbocycles. The van der Waals surface area contributed by atoms with E-state index in [9.17, 15) is 4.79 Å². The van der Waals surface area contributed by atoms with Gasteiger partial charge in [-0.2, -0.15) is 0 Å². The molecule has 0 spiro atoms. The first-order chi connectivity index (χ1) is 7.61. The second kappa shape index (κ2) is 6.69. The van der Waals surface area contributed by atoms with Gasteiger partial charge in [-0.05, 0) is 38.0 Å². The molecule has 16 heavy (non-hydrogen) atoms. The standard InChI is InChI=1S/C13H24N2O/c1-10(2)12(14)13(16)15-9-8-11-6-4-3-5-7-11/h6,10,12H,3-5,7-9,14H2,1-2H3,(H,15,16). The SMILES string of the molecule is CC(C)C(N)C(=O)NCCC1=CCCCC1. The average Bonchev–Trinajstić information content (AvgIpc) is 2.29. The molecular weight excluding hydrogens is 200 g/mol. The summed E-state index contributed by atoms with van der Waals surface area (Å²) >= 11 is 0. The number of nitrogens with one attached hydrogen (secondary N) is 1. The summed E-state index contributed by atoms with van der Waals surface area (Å²) < 4.78 is 0. The Morgan fingerprint density at radius 3 is 2.81 bits per heavy atom. The molecule has 0 radical (unpaired) electrons. The fraction of sp³-hybridized carbons (Fsp3) is 0.769. The molecule has 1 amide bonds. The van der Waals surface area contributed by atoms with E-state index >= 15 is 0 Å². The van der Waals surface area contributed by atoms with Gasteiger partial charge in [0.05, 0.1) is 6.04 Å². The van der Waals surface area contributed by atoms with Gasteiger partial charge in [-0.25, -0.2) is 0 Å². The average molecular weight is 224 g/mol. The Labute approximate surface area is 98.5 Å².